The Labute approximate surface area is 99.8 Å². The molecule has 0 aliphatic heterocycles. The average molecular weight is 226 g/mol. The van der Waals surface area contributed by atoms with E-state index in [0.29, 0.717) is 0 Å². The fourth-order valence-corrected chi connectivity index (χ4v) is 1.87. The van der Waals surface area contributed by atoms with Crippen LogP contribution >= 0.6 is 0 Å². The molecule has 0 aromatic heterocycles. The summed E-state index contributed by atoms with van der Waals surface area (Å²) in [5.41, 5.74) is 0. The van der Waals surface area contributed by atoms with Crippen molar-refractivity contribution in [3.8, 4) is 0 Å². The lowest BCUT2D eigenvalue weighted by Gasteiger charge is -2.01. The Balaban J connectivity index is 2.87. The van der Waals surface area contributed by atoms with Crippen molar-refractivity contribution in [1.29, 1.82) is 0 Å². The number of hydrogen-bond acceptors (Lipinski definition) is 2. The molecule has 0 rings (SSSR count). The van der Waals surface area contributed by atoms with Crippen molar-refractivity contribution in [3.05, 3.63) is 0 Å². The van der Waals surface area contributed by atoms with E-state index in [2.05, 4.69) is 0 Å². The third-order valence-electron chi connectivity index (χ3n) is 2.89. The largest absolute Gasteiger partial charge is 0.303 e. The number of hydrogen-bond donors (Lipinski definition) is 0. The predicted molar refractivity (Wildman–Crippen MR) is 67.5 cm³/mol. The molecule has 2 heteroatoms. The lowest BCUT2D eigenvalue weighted by molar-refractivity contribution is -0.108. The fraction of sp³-hybridized carbons (Fsp3) is 0.857. The van der Waals surface area contributed by atoms with Crippen LogP contribution in [0.2, 0.25) is 0 Å². The van der Waals surface area contributed by atoms with E-state index >= 15 is 0 Å². The lowest BCUT2D eigenvalue weighted by Crippen LogP contribution is -1.83. The van der Waals surface area contributed by atoms with Crippen molar-refractivity contribution < 1.29 is 9.59 Å². The molecule has 0 unspecified atom stereocenters. The van der Waals surface area contributed by atoms with Crippen LogP contribution in [0.1, 0.15) is 77.0 Å². The van der Waals surface area contributed by atoms with Crippen LogP contribution in [0.4, 0.5) is 0 Å². The molecule has 0 amide bonds. The number of unbranched alkanes of at least 4 members (excludes halogenated alkanes) is 11. The molecule has 0 heterocycles. The van der Waals surface area contributed by atoms with Gasteiger partial charge in [-0.05, 0) is 12.8 Å². The van der Waals surface area contributed by atoms with Crippen LogP contribution in [0.25, 0.3) is 0 Å². The highest BCUT2D eigenvalue weighted by molar-refractivity contribution is 5.49. The minimum atomic E-state index is 0.733. The quantitative estimate of drug-likeness (QED) is 0.350. The molecule has 2 nitrogen and oxygen atoms in total. The van der Waals surface area contributed by atoms with E-state index in [-0.39, 0.29) is 0 Å². The van der Waals surface area contributed by atoms with E-state index in [0.717, 1.165) is 38.3 Å². The minimum Gasteiger partial charge on any atom is -0.303 e. The van der Waals surface area contributed by atoms with Crippen LogP contribution < -0.4 is 0 Å². The van der Waals surface area contributed by atoms with E-state index < -0.39 is 0 Å². The third kappa shape index (κ3) is 13.3. The van der Waals surface area contributed by atoms with Gasteiger partial charge in [-0.3, -0.25) is 0 Å². The summed E-state index contributed by atoms with van der Waals surface area (Å²) in [6.45, 7) is 0. The number of aldehydes is 2. The first kappa shape index (κ1) is 15.3. The molecular formula is C14H26O2. The summed E-state index contributed by atoms with van der Waals surface area (Å²) in [6.07, 6.45) is 15.9. The van der Waals surface area contributed by atoms with Gasteiger partial charge in [-0.15, -0.1) is 0 Å². The fourth-order valence-electron chi connectivity index (χ4n) is 1.87. The van der Waals surface area contributed by atoms with Gasteiger partial charge in [-0.25, -0.2) is 0 Å². The maximum atomic E-state index is 10.1. The number of carbonyl (C=O) groups is 2. The Hall–Kier alpha value is -0.660. The zero-order valence-corrected chi connectivity index (χ0v) is 10.5. The van der Waals surface area contributed by atoms with Crippen molar-refractivity contribution in [2.24, 2.45) is 0 Å². The highest BCUT2D eigenvalue weighted by Gasteiger charge is 1.92. The van der Waals surface area contributed by atoms with Crippen LogP contribution in [0.3, 0.4) is 0 Å². The highest BCUT2D eigenvalue weighted by atomic mass is 16.1. The maximum absolute atomic E-state index is 10.1. The normalized spacial score (nSPS) is 10.2. The molecule has 0 radical (unpaired) electrons. The average Bonchev–Trinajstić information content (AvgIpc) is 2.31. The predicted octanol–water partition coefficient (Wildman–Crippen LogP) is 4.07. The SMILES string of the molecule is O=CCCCCCCCCCCCCC=O. The van der Waals surface area contributed by atoms with Gasteiger partial charge in [0.1, 0.15) is 12.6 Å². The van der Waals surface area contributed by atoms with E-state index in [1.807, 2.05) is 0 Å². The molecule has 0 bridgehead atoms. The van der Waals surface area contributed by atoms with Crippen molar-refractivity contribution in [2.45, 2.75) is 77.0 Å². The Morgan fingerprint density at radius 2 is 0.688 bits per heavy atom. The molecule has 0 fully saturated rings. The summed E-state index contributed by atoms with van der Waals surface area (Å²) in [6, 6.07) is 0. The van der Waals surface area contributed by atoms with Gasteiger partial charge in [0.05, 0.1) is 0 Å². The zero-order chi connectivity index (χ0) is 11.9. The monoisotopic (exact) mass is 226 g/mol. The van der Waals surface area contributed by atoms with Gasteiger partial charge in [-0.1, -0.05) is 51.4 Å². The highest BCUT2D eigenvalue weighted by Crippen LogP contribution is 2.11. The van der Waals surface area contributed by atoms with E-state index in [1.54, 1.807) is 0 Å². The van der Waals surface area contributed by atoms with Crippen molar-refractivity contribution in [2.75, 3.05) is 0 Å². The first-order chi connectivity index (χ1) is 7.91. The molecule has 0 saturated heterocycles. The molecule has 0 aliphatic rings. The lowest BCUT2D eigenvalue weighted by atomic mass is 10.1. The molecule has 0 aliphatic carbocycles. The molecule has 0 N–H and O–H groups in total. The Morgan fingerprint density at radius 3 is 0.938 bits per heavy atom. The van der Waals surface area contributed by atoms with Gasteiger partial charge in [0.25, 0.3) is 0 Å². The minimum absolute atomic E-state index is 0.733. The molecular weight excluding hydrogens is 200 g/mol. The standard InChI is InChI=1S/C14H26O2/c15-13-11-9-7-5-3-1-2-4-6-8-10-12-14-16/h13-14H,1-12H2. The van der Waals surface area contributed by atoms with E-state index in [9.17, 15) is 9.59 Å². The van der Waals surface area contributed by atoms with Crippen molar-refractivity contribution >= 4 is 12.6 Å². The van der Waals surface area contributed by atoms with Crippen LogP contribution in [0.5, 0.6) is 0 Å². The second-order valence-corrected chi connectivity index (χ2v) is 4.45. The zero-order valence-electron chi connectivity index (χ0n) is 10.5. The summed E-state index contributed by atoms with van der Waals surface area (Å²) < 4.78 is 0. The van der Waals surface area contributed by atoms with Crippen molar-refractivity contribution in [1.82, 2.24) is 0 Å². The van der Waals surface area contributed by atoms with Crippen LogP contribution in [-0.2, 0) is 9.59 Å². The Bertz CT molecular complexity index is 137. The molecule has 0 spiro atoms. The van der Waals surface area contributed by atoms with Gasteiger partial charge < -0.3 is 9.59 Å². The van der Waals surface area contributed by atoms with Crippen molar-refractivity contribution in [3.63, 3.8) is 0 Å². The van der Waals surface area contributed by atoms with Crippen LogP contribution in [0.15, 0.2) is 0 Å². The molecule has 0 atom stereocenters. The Morgan fingerprint density at radius 1 is 0.438 bits per heavy atom. The topological polar surface area (TPSA) is 34.1 Å². The second-order valence-electron chi connectivity index (χ2n) is 4.45. The number of rotatable bonds is 13. The summed E-state index contributed by atoms with van der Waals surface area (Å²) in [5, 5.41) is 0. The smallest absolute Gasteiger partial charge is 0.119 e. The van der Waals surface area contributed by atoms with Gasteiger partial charge in [0, 0.05) is 12.8 Å². The maximum Gasteiger partial charge on any atom is 0.119 e. The van der Waals surface area contributed by atoms with Gasteiger partial charge >= 0.3 is 0 Å². The van der Waals surface area contributed by atoms with Crippen LogP contribution in [0, 0.1) is 0 Å². The molecule has 0 saturated carbocycles. The number of carbonyl (C=O) groups excluding carboxylic acids is 2. The van der Waals surface area contributed by atoms with Gasteiger partial charge in [0.15, 0.2) is 0 Å². The summed E-state index contributed by atoms with van der Waals surface area (Å²) in [4.78, 5) is 20.1. The second kappa shape index (κ2) is 14.3. The molecule has 94 valence electrons. The first-order valence-corrected chi connectivity index (χ1v) is 6.79. The summed E-state index contributed by atoms with van der Waals surface area (Å²) >= 11 is 0. The van der Waals surface area contributed by atoms with Gasteiger partial charge in [0.2, 0.25) is 0 Å². The van der Waals surface area contributed by atoms with Crippen LogP contribution in [-0.4, -0.2) is 12.6 Å². The molecule has 0 aromatic carbocycles. The summed E-state index contributed by atoms with van der Waals surface area (Å²) in [7, 11) is 0. The molecule has 0 aromatic rings. The third-order valence-corrected chi connectivity index (χ3v) is 2.89. The molecule has 16 heavy (non-hydrogen) atoms. The van der Waals surface area contributed by atoms with Gasteiger partial charge in [-0.2, -0.15) is 0 Å². The van der Waals surface area contributed by atoms with E-state index in [4.69, 9.17) is 0 Å². The summed E-state index contributed by atoms with van der Waals surface area (Å²) in [5.74, 6) is 0. The Kier molecular flexibility index (Phi) is 13.7. The first-order valence-electron chi connectivity index (χ1n) is 6.79. The van der Waals surface area contributed by atoms with E-state index in [1.165, 1.54) is 51.4 Å².